The number of benzene rings is 4. The first-order valence-corrected chi connectivity index (χ1v) is 15.3. The number of carbonyl (C=O) groups is 3. The van der Waals surface area contributed by atoms with E-state index in [1.807, 2.05) is 66.7 Å². The van der Waals surface area contributed by atoms with Crippen LogP contribution in [-0.4, -0.2) is 51.8 Å². The molecule has 0 radical (unpaired) electrons. The molecule has 0 aromatic heterocycles. The molecule has 0 unspecified atom stereocenters. The second-order valence-electron chi connectivity index (χ2n) is 12.4. The third kappa shape index (κ3) is 9.16. The van der Waals surface area contributed by atoms with Crippen LogP contribution in [-0.2, 0) is 10.8 Å². The maximum Gasteiger partial charge on any atom is 1.00 e. The summed E-state index contributed by atoms with van der Waals surface area (Å²) in [6.07, 6.45) is 3.36. The van der Waals surface area contributed by atoms with Crippen LogP contribution in [0, 0.1) is 0 Å². The molecule has 1 N–H and O–H groups in total. The average Bonchev–Trinajstić information content (AvgIpc) is 3.43. The monoisotopic (exact) mass is 690 g/mol. The van der Waals surface area contributed by atoms with E-state index in [9.17, 15) is 14.4 Å². The number of carbonyl (C=O) groups excluding carboxylic acids is 3. The number of hydrogen-bond acceptors (Lipinski definition) is 8. The molecule has 8 nitrogen and oxygen atoms in total. The van der Waals surface area contributed by atoms with Gasteiger partial charge in [0, 0.05) is 34.1 Å². The van der Waals surface area contributed by atoms with E-state index in [-0.39, 0.29) is 79.3 Å². The van der Waals surface area contributed by atoms with Gasteiger partial charge in [0.05, 0.1) is 28.4 Å². The van der Waals surface area contributed by atoms with Crippen molar-refractivity contribution in [3.05, 3.63) is 124 Å². The van der Waals surface area contributed by atoms with Gasteiger partial charge in [-0.15, -0.1) is 0 Å². The Morgan fingerprint density at radius 3 is 1.49 bits per heavy atom. The molecule has 2 aliphatic rings. The molecule has 0 atom stereocenters. The number of rotatable bonds is 6. The van der Waals surface area contributed by atoms with Gasteiger partial charge in [-0.1, -0.05) is 88.4 Å². The molecule has 0 heterocycles. The van der Waals surface area contributed by atoms with Crippen LogP contribution in [0.3, 0.4) is 0 Å². The standard InChI is InChI=1S/C20H20O3.C13H16O3.C7H6O.K.H2O/c1-20(2)15-12-18(23-4)17(22-3)11-14(15)19(21)16(20)10-13-8-6-5-7-9-13;1-13(2)7-10(14)8-5-11(15-3)12(16-4)6-9(8)13;8-6-7-4-2-1-3-5-7;;/h5-12H,1-4H3;5-6H,7H2,1-4H3;1-6H;;1H2/q;;;+1;/p-1. The summed E-state index contributed by atoms with van der Waals surface area (Å²) < 4.78 is 21.2. The second kappa shape index (κ2) is 17.9. The number of ketones is 2. The molecule has 0 bridgehead atoms. The van der Waals surface area contributed by atoms with E-state index in [2.05, 4.69) is 27.7 Å². The van der Waals surface area contributed by atoms with Gasteiger partial charge in [-0.2, -0.15) is 0 Å². The molecule has 4 aromatic carbocycles. The van der Waals surface area contributed by atoms with Crippen LogP contribution in [0.1, 0.15) is 81.9 Å². The summed E-state index contributed by atoms with van der Waals surface area (Å²) in [5.74, 6) is 2.76. The normalized spacial score (nSPS) is 15.1. The van der Waals surface area contributed by atoms with Crippen molar-refractivity contribution in [2.24, 2.45) is 0 Å². The van der Waals surface area contributed by atoms with Gasteiger partial charge < -0.3 is 24.4 Å². The van der Waals surface area contributed by atoms with Gasteiger partial charge in [0.15, 0.2) is 34.6 Å². The summed E-state index contributed by atoms with van der Waals surface area (Å²) >= 11 is 0. The van der Waals surface area contributed by atoms with Crippen molar-refractivity contribution in [1.29, 1.82) is 0 Å². The van der Waals surface area contributed by atoms with Crippen molar-refractivity contribution in [3.63, 3.8) is 0 Å². The first-order valence-electron chi connectivity index (χ1n) is 15.3. The second-order valence-corrected chi connectivity index (χ2v) is 12.4. The number of aldehydes is 1. The Morgan fingerprint density at radius 2 is 1.04 bits per heavy atom. The van der Waals surface area contributed by atoms with Gasteiger partial charge in [-0.25, -0.2) is 0 Å². The van der Waals surface area contributed by atoms with Crippen LogP contribution >= 0.6 is 0 Å². The minimum absolute atomic E-state index is 0. The maximum absolute atomic E-state index is 12.9. The Bertz CT molecular complexity index is 1790. The summed E-state index contributed by atoms with van der Waals surface area (Å²) in [5.41, 5.74) is 5.54. The van der Waals surface area contributed by atoms with Gasteiger partial charge in [-0.3, -0.25) is 14.4 Å². The molecule has 0 spiro atoms. The summed E-state index contributed by atoms with van der Waals surface area (Å²) in [4.78, 5) is 34.8. The van der Waals surface area contributed by atoms with E-state index >= 15 is 0 Å². The minimum Gasteiger partial charge on any atom is -0.870 e. The van der Waals surface area contributed by atoms with Gasteiger partial charge in [0.1, 0.15) is 6.29 Å². The molecule has 0 saturated heterocycles. The summed E-state index contributed by atoms with van der Waals surface area (Å²) in [5, 5.41) is 0. The number of fused-ring (bicyclic) bond motifs is 2. The van der Waals surface area contributed by atoms with Crippen molar-refractivity contribution in [1.82, 2.24) is 0 Å². The molecule has 0 aliphatic heterocycles. The fourth-order valence-corrected chi connectivity index (χ4v) is 5.91. The molecule has 9 heteroatoms. The molecule has 6 rings (SSSR count). The van der Waals surface area contributed by atoms with Crippen LogP contribution in [0.5, 0.6) is 23.0 Å². The van der Waals surface area contributed by atoms with E-state index in [1.54, 1.807) is 52.7 Å². The van der Waals surface area contributed by atoms with Gasteiger partial charge in [0.2, 0.25) is 0 Å². The SMILES string of the molecule is COc1cc2c(cc1OC)C(C)(C)C(=Cc1ccccc1)C2=O.COc1cc2c(cc1OC)C(C)(C)CC2=O.O=Cc1ccccc1.[K+].[OH-]. The fraction of sp³-hybridized carbons (Fsp3) is 0.275. The van der Waals surface area contributed by atoms with E-state index in [1.165, 1.54) is 0 Å². The van der Waals surface area contributed by atoms with E-state index < -0.39 is 0 Å². The quantitative estimate of drug-likeness (QED) is 0.155. The number of ether oxygens (including phenoxy) is 4. The third-order valence-corrected chi connectivity index (χ3v) is 8.56. The predicted octanol–water partition coefficient (Wildman–Crippen LogP) is 5.16. The zero-order valence-electron chi connectivity index (χ0n) is 29.7. The first kappa shape index (κ1) is 41.6. The van der Waals surface area contributed by atoms with Gasteiger partial charge in [-0.05, 0) is 52.4 Å². The molecule has 0 saturated carbocycles. The summed E-state index contributed by atoms with van der Waals surface area (Å²) in [6, 6.07) is 26.4. The molecule has 252 valence electrons. The third-order valence-electron chi connectivity index (χ3n) is 8.56. The zero-order chi connectivity index (χ0) is 34.4. The van der Waals surface area contributed by atoms with E-state index in [0.717, 1.165) is 39.7 Å². The van der Waals surface area contributed by atoms with Crippen molar-refractivity contribution < 1.29 is 90.2 Å². The first-order chi connectivity index (χ1) is 22.4. The van der Waals surface area contributed by atoms with Gasteiger partial charge >= 0.3 is 51.4 Å². The molecular formula is C40H43KO8. The molecule has 0 fully saturated rings. The fourth-order valence-electron chi connectivity index (χ4n) is 5.91. The predicted molar refractivity (Wildman–Crippen MR) is 187 cm³/mol. The smallest absolute Gasteiger partial charge is 0.870 e. The number of allylic oxidation sites excluding steroid dienone is 1. The Morgan fingerprint density at radius 1 is 0.612 bits per heavy atom. The zero-order valence-corrected chi connectivity index (χ0v) is 32.9. The maximum atomic E-state index is 12.9. The van der Waals surface area contributed by atoms with Crippen molar-refractivity contribution in [3.8, 4) is 23.0 Å². The summed E-state index contributed by atoms with van der Waals surface area (Å²) in [6.45, 7) is 8.28. The Hall–Kier alpha value is -3.57. The minimum atomic E-state index is -0.373. The molecule has 2 aliphatic carbocycles. The molecular weight excluding hydrogens is 648 g/mol. The Kier molecular flexibility index (Phi) is 15.2. The average molecular weight is 691 g/mol. The van der Waals surface area contributed by atoms with Crippen molar-refractivity contribution in [2.75, 3.05) is 28.4 Å². The van der Waals surface area contributed by atoms with Crippen LogP contribution < -0.4 is 70.3 Å². The van der Waals surface area contributed by atoms with Crippen molar-refractivity contribution >= 4 is 23.9 Å². The van der Waals surface area contributed by atoms with E-state index in [0.29, 0.717) is 35.0 Å². The molecule has 0 amide bonds. The molecule has 4 aromatic rings. The Labute approximate surface area is 331 Å². The van der Waals surface area contributed by atoms with Crippen LogP contribution in [0.15, 0.2) is 90.5 Å². The Balaban J connectivity index is 0.000000279. The van der Waals surface area contributed by atoms with Crippen molar-refractivity contribution in [2.45, 2.75) is 44.9 Å². The van der Waals surface area contributed by atoms with Crippen LogP contribution in [0.4, 0.5) is 0 Å². The summed E-state index contributed by atoms with van der Waals surface area (Å²) in [7, 11) is 6.37. The molecule has 49 heavy (non-hydrogen) atoms. The van der Waals surface area contributed by atoms with Crippen LogP contribution in [0.25, 0.3) is 6.08 Å². The van der Waals surface area contributed by atoms with Gasteiger partial charge in [0.25, 0.3) is 0 Å². The number of methoxy groups -OCH3 is 4. The topological polar surface area (TPSA) is 118 Å². The number of Topliss-reactive ketones (excluding diaryl/α,β-unsaturated/α-hetero) is 2. The largest absolute Gasteiger partial charge is 1.00 e. The van der Waals surface area contributed by atoms with E-state index in [4.69, 9.17) is 18.9 Å². The van der Waals surface area contributed by atoms with Crippen LogP contribution in [0.2, 0.25) is 0 Å². The number of hydrogen-bond donors (Lipinski definition) is 0.